The van der Waals surface area contributed by atoms with Crippen molar-refractivity contribution in [2.24, 2.45) is 11.3 Å². The van der Waals surface area contributed by atoms with Gasteiger partial charge in [-0.25, -0.2) is 0 Å². The number of aryl methyl sites for hydroxylation is 1. The average molecular weight is 245 g/mol. The summed E-state index contributed by atoms with van der Waals surface area (Å²) in [5.74, 6) is 0.897. The molecule has 2 atom stereocenters. The molecule has 0 aliphatic heterocycles. The van der Waals surface area contributed by atoms with E-state index >= 15 is 0 Å². The van der Waals surface area contributed by atoms with E-state index in [0.29, 0.717) is 5.41 Å². The van der Waals surface area contributed by atoms with Crippen LogP contribution >= 0.6 is 0 Å². The Morgan fingerprint density at radius 3 is 2.50 bits per heavy atom. The number of hydrogen-bond acceptors (Lipinski definition) is 1. The highest BCUT2D eigenvalue weighted by Crippen LogP contribution is 2.54. The van der Waals surface area contributed by atoms with E-state index in [9.17, 15) is 0 Å². The molecule has 1 aliphatic carbocycles. The lowest BCUT2D eigenvalue weighted by atomic mass is 9.97. The SMILES string of the molecule is CCNC(CCCc1ccccc1)C1CC1(C)C. The molecule has 0 saturated heterocycles. The Labute approximate surface area is 112 Å². The van der Waals surface area contributed by atoms with Gasteiger partial charge in [0.1, 0.15) is 0 Å². The largest absolute Gasteiger partial charge is 0.314 e. The predicted octanol–water partition coefficient (Wildman–Crippen LogP) is 4.03. The molecule has 1 saturated carbocycles. The van der Waals surface area contributed by atoms with E-state index in [1.54, 1.807) is 0 Å². The van der Waals surface area contributed by atoms with Crippen molar-refractivity contribution in [2.45, 2.75) is 52.5 Å². The molecular weight excluding hydrogens is 218 g/mol. The van der Waals surface area contributed by atoms with E-state index < -0.39 is 0 Å². The van der Waals surface area contributed by atoms with Crippen LogP contribution < -0.4 is 5.32 Å². The van der Waals surface area contributed by atoms with E-state index in [2.05, 4.69) is 56.4 Å². The molecule has 0 aromatic heterocycles. The van der Waals surface area contributed by atoms with Crippen molar-refractivity contribution in [3.63, 3.8) is 0 Å². The Hall–Kier alpha value is -0.820. The molecule has 1 N–H and O–H groups in total. The van der Waals surface area contributed by atoms with Crippen LogP contribution in [0, 0.1) is 11.3 Å². The highest BCUT2D eigenvalue weighted by atomic mass is 14.9. The minimum atomic E-state index is 0.583. The van der Waals surface area contributed by atoms with Gasteiger partial charge in [-0.15, -0.1) is 0 Å². The van der Waals surface area contributed by atoms with Gasteiger partial charge in [0, 0.05) is 6.04 Å². The minimum absolute atomic E-state index is 0.583. The Kier molecular flexibility index (Phi) is 4.45. The molecule has 1 heteroatoms. The summed E-state index contributed by atoms with van der Waals surface area (Å²) in [6.07, 6.45) is 5.23. The molecule has 1 aromatic rings. The van der Waals surface area contributed by atoms with Crippen molar-refractivity contribution >= 4 is 0 Å². The van der Waals surface area contributed by atoms with Gasteiger partial charge in [-0.3, -0.25) is 0 Å². The van der Waals surface area contributed by atoms with Gasteiger partial charge in [0.2, 0.25) is 0 Å². The average Bonchev–Trinajstić information content (AvgIpc) is 2.99. The van der Waals surface area contributed by atoms with Crippen molar-refractivity contribution < 1.29 is 0 Å². The molecule has 1 aliphatic rings. The van der Waals surface area contributed by atoms with Gasteiger partial charge in [-0.05, 0) is 49.1 Å². The fraction of sp³-hybridized carbons (Fsp3) is 0.647. The number of hydrogen-bond donors (Lipinski definition) is 1. The number of nitrogens with one attached hydrogen (secondary N) is 1. The molecule has 2 rings (SSSR count). The van der Waals surface area contributed by atoms with Gasteiger partial charge < -0.3 is 5.32 Å². The van der Waals surface area contributed by atoms with Crippen LogP contribution in [0.4, 0.5) is 0 Å². The molecule has 0 amide bonds. The Balaban J connectivity index is 1.76. The lowest BCUT2D eigenvalue weighted by Gasteiger charge is -2.19. The molecule has 100 valence electrons. The molecule has 0 heterocycles. The van der Waals surface area contributed by atoms with Crippen LogP contribution in [-0.4, -0.2) is 12.6 Å². The van der Waals surface area contributed by atoms with Crippen molar-refractivity contribution in [1.29, 1.82) is 0 Å². The molecular formula is C17H27N. The van der Waals surface area contributed by atoms with Crippen LogP contribution in [0.3, 0.4) is 0 Å². The molecule has 1 fully saturated rings. The van der Waals surface area contributed by atoms with E-state index in [4.69, 9.17) is 0 Å². The van der Waals surface area contributed by atoms with E-state index in [-0.39, 0.29) is 0 Å². The summed E-state index contributed by atoms with van der Waals surface area (Å²) in [4.78, 5) is 0. The van der Waals surface area contributed by atoms with Gasteiger partial charge in [0.15, 0.2) is 0 Å². The first-order valence-electron chi connectivity index (χ1n) is 7.41. The molecule has 2 unspecified atom stereocenters. The van der Waals surface area contributed by atoms with Gasteiger partial charge >= 0.3 is 0 Å². The molecule has 18 heavy (non-hydrogen) atoms. The number of rotatable bonds is 7. The van der Waals surface area contributed by atoms with Crippen LogP contribution in [-0.2, 0) is 6.42 Å². The molecule has 0 bridgehead atoms. The van der Waals surface area contributed by atoms with Crippen molar-refractivity contribution in [3.05, 3.63) is 35.9 Å². The van der Waals surface area contributed by atoms with Crippen LogP contribution in [0.1, 0.15) is 45.6 Å². The van der Waals surface area contributed by atoms with Crippen LogP contribution in [0.2, 0.25) is 0 Å². The lowest BCUT2D eigenvalue weighted by Crippen LogP contribution is -2.32. The second kappa shape index (κ2) is 5.88. The highest BCUT2D eigenvalue weighted by Gasteiger charge is 2.49. The maximum absolute atomic E-state index is 3.69. The lowest BCUT2D eigenvalue weighted by molar-refractivity contribution is 0.384. The van der Waals surface area contributed by atoms with Gasteiger partial charge in [0.25, 0.3) is 0 Å². The first kappa shape index (κ1) is 13.6. The Morgan fingerprint density at radius 1 is 1.28 bits per heavy atom. The summed E-state index contributed by atoms with van der Waals surface area (Å²) < 4.78 is 0. The van der Waals surface area contributed by atoms with Gasteiger partial charge in [-0.2, -0.15) is 0 Å². The zero-order valence-electron chi connectivity index (χ0n) is 12.1. The summed E-state index contributed by atoms with van der Waals surface area (Å²) in [6.45, 7) is 8.13. The summed E-state index contributed by atoms with van der Waals surface area (Å²) in [6, 6.07) is 11.6. The zero-order chi connectivity index (χ0) is 13.0. The fourth-order valence-corrected chi connectivity index (χ4v) is 3.07. The third-order valence-corrected chi connectivity index (χ3v) is 4.37. The summed E-state index contributed by atoms with van der Waals surface area (Å²) >= 11 is 0. The smallest absolute Gasteiger partial charge is 0.0101 e. The molecule has 1 aromatic carbocycles. The minimum Gasteiger partial charge on any atom is -0.314 e. The molecule has 0 radical (unpaired) electrons. The normalized spacial score (nSPS) is 22.7. The quantitative estimate of drug-likeness (QED) is 0.764. The molecule has 0 spiro atoms. The van der Waals surface area contributed by atoms with Gasteiger partial charge in [-0.1, -0.05) is 51.1 Å². The second-order valence-electron chi connectivity index (χ2n) is 6.34. The standard InChI is InChI=1S/C17H27N/c1-4-18-16(15-13-17(15,2)3)12-8-11-14-9-6-5-7-10-14/h5-7,9-10,15-16,18H,4,8,11-13H2,1-3H3. The van der Waals surface area contributed by atoms with Crippen LogP contribution in [0.15, 0.2) is 30.3 Å². The third kappa shape index (κ3) is 3.58. The van der Waals surface area contributed by atoms with E-state index in [0.717, 1.165) is 18.5 Å². The van der Waals surface area contributed by atoms with Crippen molar-refractivity contribution in [2.75, 3.05) is 6.54 Å². The number of benzene rings is 1. The topological polar surface area (TPSA) is 12.0 Å². The Morgan fingerprint density at radius 2 is 1.94 bits per heavy atom. The summed E-state index contributed by atoms with van der Waals surface area (Å²) in [5.41, 5.74) is 2.06. The second-order valence-corrected chi connectivity index (χ2v) is 6.34. The first-order valence-corrected chi connectivity index (χ1v) is 7.41. The van der Waals surface area contributed by atoms with E-state index in [1.165, 1.54) is 31.2 Å². The van der Waals surface area contributed by atoms with Gasteiger partial charge in [0.05, 0.1) is 0 Å². The monoisotopic (exact) mass is 245 g/mol. The highest BCUT2D eigenvalue weighted by molar-refractivity contribution is 5.14. The van der Waals surface area contributed by atoms with Crippen molar-refractivity contribution in [1.82, 2.24) is 5.32 Å². The summed E-state index contributed by atoms with van der Waals surface area (Å²) in [7, 11) is 0. The molecule has 1 nitrogen and oxygen atoms in total. The predicted molar refractivity (Wildman–Crippen MR) is 78.7 cm³/mol. The fourth-order valence-electron chi connectivity index (χ4n) is 3.07. The Bertz CT molecular complexity index is 355. The van der Waals surface area contributed by atoms with Crippen molar-refractivity contribution in [3.8, 4) is 0 Å². The zero-order valence-corrected chi connectivity index (χ0v) is 12.1. The van der Waals surface area contributed by atoms with Crippen LogP contribution in [0.25, 0.3) is 0 Å². The third-order valence-electron chi connectivity index (χ3n) is 4.37. The maximum atomic E-state index is 3.69. The summed E-state index contributed by atoms with van der Waals surface area (Å²) in [5, 5.41) is 3.69. The first-order chi connectivity index (χ1) is 8.63. The maximum Gasteiger partial charge on any atom is 0.0101 e. The van der Waals surface area contributed by atoms with Crippen LogP contribution in [0.5, 0.6) is 0 Å². The van der Waals surface area contributed by atoms with E-state index in [1.807, 2.05) is 0 Å².